The standard InChI is InChI=1S/C11H21NO2/c1-2-3-8-14-11(13)5-4-10-6-7-12-9-10/h10,12H,2-9H2,1H3. The average molecular weight is 199 g/mol. The second-order valence-electron chi connectivity index (χ2n) is 3.97. The van der Waals surface area contributed by atoms with Crippen LogP contribution in [-0.4, -0.2) is 25.7 Å². The molecule has 0 aliphatic carbocycles. The highest BCUT2D eigenvalue weighted by molar-refractivity contribution is 5.69. The minimum absolute atomic E-state index is 0.0228. The van der Waals surface area contributed by atoms with Crippen LogP contribution in [-0.2, 0) is 9.53 Å². The third-order valence-corrected chi connectivity index (χ3v) is 2.68. The van der Waals surface area contributed by atoms with Crippen LogP contribution < -0.4 is 5.32 Å². The molecule has 3 heteroatoms. The molecule has 0 saturated carbocycles. The van der Waals surface area contributed by atoms with Gasteiger partial charge in [0, 0.05) is 6.42 Å². The van der Waals surface area contributed by atoms with Crippen LogP contribution in [0.5, 0.6) is 0 Å². The smallest absolute Gasteiger partial charge is 0.305 e. The lowest BCUT2D eigenvalue weighted by Gasteiger charge is -2.07. The molecule has 82 valence electrons. The van der Waals surface area contributed by atoms with Gasteiger partial charge < -0.3 is 10.1 Å². The van der Waals surface area contributed by atoms with Gasteiger partial charge in [0.25, 0.3) is 0 Å². The van der Waals surface area contributed by atoms with Gasteiger partial charge in [0.05, 0.1) is 6.61 Å². The van der Waals surface area contributed by atoms with Gasteiger partial charge in [0.1, 0.15) is 0 Å². The lowest BCUT2D eigenvalue weighted by atomic mass is 10.0. The van der Waals surface area contributed by atoms with Gasteiger partial charge in [-0.25, -0.2) is 0 Å². The normalized spacial score (nSPS) is 21.1. The zero-order valence-corrected chi connectivity index (χ0v) is 9.05. The fourth-order valence-corrected chi connectivity index (χ4v) is 1.69. The quantitative estimate of drug-likeness (QED) is 0.523. The second kappa shape index (κ2) is 6.82. The molecule has 0 spiro atoms. The molecule has 1 unspecified atom stereocenters. The minimum Gasteiger partial charge on any atom is -0.466 e. The minimum atomic E-state index is -0.0228. The van der Waals surface area contributed by atoms with Gasteiger partial charge in [-0.2, -0.15) is 0 Å². The van der Waals surface area contributed by atoms with E-state index in [-0.39, 0.29) is 5.97 Å². The third-order valence-electron chi connectivity index (χ3n) is 2.68. The summed E-state index contributed by atoms with van der Waals surface area (Å²) >= 11 is 0. The summed E-state index contributed by atoms with van der Waals surface area (Å²) in [5, 5.41) is 3.30. The van der Waals surface area contributed by atoms with Crippen molar-refractivity contribution in [1.82, 2.24) is 5.32 Å². The zero-order valence-electron chi connectivity index (χ0n) is 9.05. The molecule has 14 heavy (non-hydrogen) atoms. The maximum absolute atomic E-state index is 11.2. The lowest BCUT2D eigenvalue weighted by molar-refractivity contribution is -0.144. The second-order valence-corrected chi connectivity index (χ2v) is 3.97. The Hall–Kier alpha value is -0.570. The van der Waals surface area contributed by atoms with E-state index in [0.29, 0.717) is 18.9 Å². The molecule has 0 bridgehead atoms. The first-order chi connectivity index (χ1) is 6.83. The van der Waals surface area contributed by atoms with Gasteiger partial charge in [0.15, 0.2) is 0 Å². The average Bonchev–Trinajstić information content (AvgIpc) is 2.68. The molecule has 1 rings (SSSR count). The first-order valence-electron chi connectivity index (χ1n) is 5.69. The largest absolute Gasteiger partial charge is 0.466 e. The highest BCUT2D eigenvalue weighted by Crippen LogP contribution is 2.14. The Bertz CT molecular complexity index is 165. The summed E-state index contributed by atoms with van der Waals surface area (Å²) in [5.41, 5.74) is 0. The summed E-state index contributed by atoms with van der Waals surface area (Å²) in [5.74, 6) is 0.666. The van der Waals surface area contributed by atoms with Crippen molar-refractivity contribution in [2.75, 3.05) is 19.7 Å². The molecule has 1 saturated heterocycles. The maximum atomic E-state index is 11.2. The number of esters is 1. The highest BCUT2D eigenvalue weighted by atomic mass is 16.5. The van der Waals surface area contributed by atoms with Gasteiger partial charge in [-0.15, -0.1) is 0 Å². The van der Waals surface area contributed by atoms with E-state index >= 15 is 0 Å². The zero-order chi connectivity index (χ0) is 10.2. The third kappa shape index (κ3) is 4.61. The molecule has 1 fully saturated rings. The van der Waals surface area contributed by atoms with Crippen LogP contribution in [0, 0.1) is 5.92 Å². The Morgan fingerprint density at radius 3 is 3.07 bits per heavy atom. The fourth-order valence-electron chi connectivity index (χ4n) is 1.69. The topological polar surface area (TPSA) is 38.3 Å². The van der Waals surface area contributed by atoms with Crippen LogP contribution in [0.4, 0.5) is 0 Å². The van der Waals surface area contributed by atoms with E-state index in [1.165, 1.54) is 6.42 Å². The fraction of sp³-hybridized carbons (Fsp3) is 0.909. The van der Waals surface area contributed by atoms with Crippen molar-refractivity contribution in [3.63, 3.8) is 0 Å². The Balaban J connectivity index is 1.96. The van der Waals surface area contributed by atoms with Gasteiger partial charge in [-0.3, -0.25) is 4.79 Å². The molecule has 0 aromatic carbocycles. The van der Waals surface area contributed by atoms with Crippen molar-refractivity contribution in [3.05, 3.63) is 0 Å². The van der Waals surface area contributed by atoms with Crippen LogP contribution in [0.15, 0.2) is 0 Å². The number of hydrogen-bond donors (Lipinski definition) is 1. The number of carbonyl (C=O) groups excluding carboxylic acids is 1. The summed E-state index contributed by atoms with van der Waals surface area (Å²) in [6.45, 7) is 4.87. The van der Waals surface area contributed by atoms with Crippen LogP contribution >= 0.6 is 0 Å². The molecular weight excluding hydrogens is 178 g/mol. The van der Waals surface area contributed by atoms with E-state index < -0.39 is 0 Å². The number of nitrogens with one attached hydrogen (secondary N) is 1. The summed E-state index contributed by atoms with van der Waals surface area (Å²) in [6, 6.07) is 0. The SMILES string of the molecule is CCCCOC(=O)CCC1CCNC1. The number of hydrogen-bond acceptors (Lipinski definition) is 3. The number of ether oxygens (including phenoxy) is 1. The van der Waals surface area contributed by atoms with Crippen LogP contribution in [0.25, 0.3) is 0 Å². The van der Waals surface area contributed by atoms with E-state index in [1.54, 1.807) is 0 Å². The van der Waals surface area contributed by atoms with E-state index in [0.717, 1.165) is 32.4 Å². The van der Waals surface area contributed by atoms with Gasteiger partial charge in [0.2, 0.25) is 0 Å². The number of carbonyl (C=O) groups is 1. The molecule has 1 N–H and O–H groups in total. The van der Waals surface area contributed by atoms with Gasteiger partial charge in [-0.05, 0) is 38.3 Å². The molecule has 0 aromatic heterocycles. The van der Waals surface area contributed by atoms with Gasteiger partial charge >= 0.3 is 5.97 Å². The first kappa shape index (κ1) is 11.5. The molecule has 0 aromatic rings. The number of unbranched alkanes of at least 4 members (excludes halogenated alkanes) is 1. The number of rotatable bonds is 6. The summed E-state index contributed by atoms with van der Waals surface area (Å²) in [7, 11) is 0. The van der Waals surface area contributed by atoms with E-state index in [2.05, 4.69) is 12.2 Å². The van der Waals surface area contributed by atoms with E-state index in [1.807, 2.05) is 0 Å². The summed E-state index contributed by atoms with van der Waals surface area (Å²) in [4.78, 5) is 11.2. The van der Waals surface area contributed by atoms with Crippen LogP contribution in [0.1, 0.15) is 39.0 Å². The monoisotopic (exact) mass is 199 g/mol. The molecule has 1 aliphatic heterocycles. The molecule has 1 heterocycles. The lowest BCUT2D eigenvalue weighted by Crippen LogP contribution is -2.12. The molecule has 0 radical (unpaired) electrons. The Morgan fingerprint density at radius 1 is 1.57 bits per heavy atom. The van der Waals surface area contributed by atoms with Crippen molar-refractivity contribution in [3.8, 4) is 0 Å². The highest BCUT2D eigenvalue weighted by Gasteiger charge is 2.15. The van der Waals surface area contributed by atoms with Gasteiger partial charge in [-0.1, -0.05) is 13.3 Å². The van der Waals surface area contributed by atoms with Crippen molar-refractivity contribution >= 4 is 5.97 Å². The van der Waals surface area contributed by atoms with E-state index in [9.17, 15) is 4.79 Å². The summed E-state index contributed by atoms with van der Waals surface area (Å²) < 4.78 is 5.08. The first-order valence-corrected chi connectivity index (χ1v) is 5.69. The van der Waals surface area contributed by atoms with Crippen molar-refractivity contribution in [1.29, 1.82) is 0 Å². The van der Waals surface area contributed by atoms with Crippen LogP contribution in [0.3, 0.4) is 0 Å². The Kier molecular flexibility index (Phi) is 5.60. The predicted octanol–water partition coefficient (Wildman–Crippen LogP) is 1.72. The molecule has 3 nitrogen and oxygen atoms in total. The molecule has 0 amide bonds. The maximum Gasteiger partial charge on any atom is 0.305 e. The van der Waals surface area contributed by atoms with Crippen LogP contribution in [0.2, 0.25) is 0 Å². The molecule has 1 atom stereocenters. The van der Waals surface area contributed by atoms with Crippen molar-refractivity contribution in [2.45, 2.75) is 39.0 Å². The Labute approximate surface area is 86.2 Å². The summed E-state index contributed by atoms with van der Waals surface area (Å²) in [6.07, 6.45) is 4.85. The van der Waals surface area contributed by atoms with Crippen molar-refractivity contribution < 1.29 is 9.53 Å². The Morgan fingerprint density at radius 2 is 2.43 bits per heavy atom. The predicted molar refractivity (Wildman–Crippen MR) is 56.1 cm³/mol. The molecule has 1 aliphatic rings. The van der Waals surface area contributed by atoms with Crippen molar-refractivity contribution in [2.24, 2.45) is 5.92 Å². The molecular formula is C11H21NO2. The van der Waals surface area contributed by atoms with E-state index in [4.69, 9.17) is 4.74 Å².